The van der Waals surface area contributed by atoms with Gasteiger partial charge in [-0.1, -0.05) is 284 Å². The lowest BCUT2D eigenvalue weighted by molar-refractivity contribution is 1.13. The summed E-state index contributed by atoms with van der Waals surface area (Å²) in [7, 11) is 0. The van der Waals surface area contributed by atoms with Crippen molar-refractivity contribution in [3.63, 3.8) is 0 Å². The number of rotatable bonds is 12. The summed E-state index contributed by atoms with van der Waals surface area (Å²) in [6, 6.07) is 127. The molecule has 0 aliphatic carbocycles. The Morgan fingerprint density at radius 1 is 0.184 bits per heavy atom. The molecule has 0 radical (unpaired) electrons. The normalized spacial score (nSPS) is 11.3. The minimum Gasteiger partial charge on any atom is -0.294 e. The molecule has 0 unspecified atom stereocenters. The molecule has 0 saturated heterocycles. The fourth-order valence-corrected chi connectivity index (χ4v) is 16.1. The Labute approximate surface area is 682 Å². The van der Waals surface area contributed by atoms with Crippen molar-refractivity contribution in [3.8, 4) is 119 Å². The molecule has 12 aromatic carbocycles. The van der Waals surface area contributed by atoms with Crippen LogP contribution in [0.1, 0.15) is 0 Å². The van der Waals surface area contributed by atoms with Gasteiger partial charge in [0, 0.05) is 126 Å². The van der Waals surface area contributed by atoms with E-state index in [1.54, 1.807) is 0 Å². The average Bonchev–Trinajstić information content (AvgIpc) is 1.53. The van der Waals surface area contributed by atoms with E-state index in [-0.39, 0.29) is 0 Å². The quantitative estimate of drug-likeness (QED) is 0.119. The number of halogens is 3. The van der Waals surface area contributed by atoms with Crippen LogP contribution in [0.5, 0.6) is 0 Å². The van der Waals surface area contributed by atoms with Crippen LogP contribution in [0.15, 0.2) is 402 Å². The van der Waals surface area contributed by atoms with Gasteiger partial charge in [-0.2, -0.15) is 0 Å². The monoisotopic (exact) mass is 1660 g/mol. The smallest absolute Gasteiger partial charge is 0.160 e. The standard InChI is InChI=1S/C34H22BrN3.2C33H21BrN4/c35-27-16-17-29-30-15-8-18-36-34(30)38(33(29)22-27)28-14-7-13-25(19-28)26-20-31(23-9-3-1-4-10-23)37-32(21-26)24-11-5-2-6-12-24;34-25-16-17-27-28-15-8-18-35-33(28)38(31(27)20-25)26-14-7-13-24(19-26)30-21-29(22-9-3-1-4-10-22)36-32(37-30)23-11-5-2-6-12-23;34-25-16-17-27-28-15-8-18-35-33(28)38(31(27)20-25)26-14-7-13-24(19-26)32-36-29(22-9-3-1-4-10-22)21-30(37-32)23-11-5-2-6-12-23/h1-22H;2*1-21H. The zero-order chi connectivity index (χ0) is 76.4. The number of aromatic nitrogens is 11. The second-order valence-corrected chi connectivity index (χ2v) is 30.3. The molecule has 0 spiro atoms. The van der Waals surface area contributed by atoms with Crippen LogP contribution in [0.4, 0.5) is 0 Å². The highest BCUT2D eigenvalue weighted by Gasteiger charge is 2.21. The second-order valence-electron chi connectivity index (χ2n) is 27.5. The molecule has 0 fully saturated rings. The first-order chi connectivity index (χ1) is 56.2. The van der Waals surface area contributed by atoms with Gasteiger partial charge in [0.15, 0.2) is 11.6 Å². The molecule has 0 atom stereocenters. The van der Waals surface area contributed by atoms with Gasteiger partial charge in [0.05, 0.1) is 50.7 Å². The fraction of sp³-hybridized carbons (Fsp3) is 0. The number of pyridine rings is 4. The molecule has 14 heteroatoms. The molecule has 9 heterocycles. The van der Waals surface area contributed by atoms with Crippen molar-refractivity contribution in [1.82, 2.24) is 53.6 Å². The molecule has 0 aliphatic heterocycles. The number of nitrogens with zero attached hydrogens (tertiary/aromatic N) is 11. The van der Waals surface area contributed by atoms with Gasteiger partial charge in [-0.3, -0.25) is 13.7 Å². The molecule has 9 aromatic heterocycles. The van der Waals surface area contributed by atoms with Gasteiger partial charge in [0.25, 0.3) is 0 Å². The SMILES string of the molecule is Brc1ccc2c3cccnc3n(-c3cccc(-c4cc(-c5ccccc5)nc(-c5ccccc5)c4)c3)c2c1.Brc1ccc2c3cccnc3n(-c3cccc(-c4cc(-c5ccccc5)nc(-c5ccccc5)n4)c3)c2c1.Brc1ccc2c3cccnc3n(-c3cccc(-c4nc(-c5ccccc5)cc(-c5ccccc5)n4)c3)c2c1. The van der Waals surface area contributed by atoms with Crippen LogP contribution in [0.2, 0.25) is 0 Å². The Hall–Kier alpha value is -13.8. The van der Waals surface area contributed by atoms with Crippen LogP contribution in [0, 0.1) is 0 Å². The molecule has 21 aromatic rings. The Morgan fingerprint density at radius 3 is 0.825 bits per heavy atom. The van der Waals surface area contributed by atoms with E-state index in [0.29, 0.717) is 11.6 Å². The molecule has 0 saturated carbocycles. The van der Waals surface area contributed by atoms with Gasteiger partial charge in [-0.05, 0) is 145 Å². The highest BCUT2D eigenvalue weighted by Crippen LogP contribution is 2.40. The zero-order valence-corrected chi connectivity index (χ0v) is 65.8. The second kappa shape index (κ2) is 31.2. The van der Waals surface area contributed by atoms with Gasteiger partial charge in [0.1, 0.15) is 16.9 Å². The van der Waals surface area contributed by atoms with Crippen LogP contribution in [-0.2, 0) is 0 Å². The molecule has 114 heavy (non-hydrogen) atoms. The fourth-order valence-electron chi connectivity index (χ4n) is 15.0. The summed E-state index contributed by atoms with van der Waals surface area (Å²) in [4.78, 5) is 39.3. The van der Waals surface area contributed by atoms with E-state index in [9.17, 15) is 0 Å². The topological polar surface area (TPSA) is 118 Å². The van der Waals surface area contributed by atoms with Crippen LogP contribution in [0.25, 0.3) is 184 Å². The molecular weight excluding hydrogens is 1590 g/mol. The van der Waals surface area contributed by atoms with E-state index >= 15 is 0 Å². The zero-order valence-electron chi connectivity index (χ0n) is 61.0. The van der Waals surface area contributed by atoms with Crippen molar-refractivity contribution in [2.75, 3.05) is 0 Å². The van der Waals surface area contributed by atoms with Crippen LogP contribution in [0.3, 0.4) is 0 Å². The maximum atomic E-state index is 5.04. The Morgan fingerprint density at radius 2 is 0.465 bits per heavy atom. The highest BCUT2D eigenvalue weighted by atomic mass is 79.9. The van der Waals surface area contributed by atoms with Crippen molar-refractivity contribution in [1.29, 1.82) is 0 Å². The largest absolute Gasteiger partial charge is 0.294 e. The number of benzene rings is 12. The van der Waals surface area contributed by atoms with E-state index in [1.807, 2.05) is 134 Å². The summed E-state index contributed by atoms with van der Waals surface area (Å²) < 4.78 is 9.77. The van der Waals surface area contributed by atoms with Crippen molar-refractivity contribution < 1.29 is 0 Å². The van der Waals surface area contributed by atoms with E-state index in [2.05, 4.69) is 316 Å². The van der Waals surface area contributed by atoms with Crippen molar-refractivity contribution in [2.45, 2.75) is 0 Å². The summed E-state index contributed by atoms with van der Waals surface area (Å²) in [5, 5.41) is 6.90. The summed E-state index contributed by atoms with van der Waals surface area (Å²) in [5.41, 5.74) is 25.2. The summed E-state index contributed by atoms with van der Waals surface area (Å²) >= 11 is 11.0. The van der Waals surface area contributed by atoms with Crippen molar-refractivity contribution >= 4 is 114 Å². The maximum absolute atomic E-state index is 5.04. The van der Waals surface area contributed by atoms with Gasteiger partial charge in [-0.15, -0.1) is 0 Å². The molecule has 540 valence electrons. The molecular formula is C100H64Br3N11. The van der Waals surface area contributed by atoms with Gasteiger partial charge >= 0.3 is 0 Å². The molecule has 0 bridgehead atoms. The van der Waals surface area contributed by atoms with Gasteiger partial charge in [0.2, 0.25) is 0 Å². The van der Waals surface area contributed by atoms with Crippen molar-refractivity contribution in [2.24, 2.45) is 0 Å². The first kappa shape index (κ1) is 70.6. The van der Waals surface area contributed by atoms with Gasteiger partial charge in [-0.25, -0.2) is 39.9 Å². The molecule has 0 N–H and O–H groups in total. The average molecular weight is 1660 g/mol. The third-order valence-corrected chi connectivity index (χ3v) is 21.8. The molecule has 21 rings (SSSR count). The number of hydrogen-bond acceptors (Lipinski definition) is 8. The molecule has 0 aliphatic rings. The Balaban J connectivity index is 0.000000115. The van der Waals surface area contributed by atoms with E-state index in [4.69, 9.17) is 39.9 Å². The third-order valence-electron chi connectivity index (χ3n) is 20.3. The maximum Gasteiger partial charge on any atom is 0.160 e. The summed E-state index contributed by atoms with van der Waals surface area (Å²) in [5.74, 6) is 1.39. The minimum atomic E-state index is 0.682. The molecule has 0 amide bonds. The Bertz CT molecular complexity index is 6290. The van der Waals surface area contributed by atoms with E-state index in [0.717, 1.165) is 175 Å². The van der Waals surface area contributed by atoms with Crippen LogP contribution >= 0.6 is 47.8 Å². The van der Waals surface area contributed by atoms with E-state index in [1.165, 1.54) is 10.8 Å². The Kier molecular flexibility index (Phi) is 19.3. The van der Waals surface area contributed by atoms with Gasteiger partial charge < -0.3 is 0 Å². The lowest BCUT2D eigenvalue weighted by Crippen LogP contribution is -1.98. The minimum absolute atomic E-state index is 0.682. The van der Waals surface area contributed by atoms with E-state index < -0.39 is 0 Å². The number of hydrogen-bond donors (Lipinski definition) is 0. The summed E-state index contributed by atoms with van der Waals surface area (Å²) in [6.45, 7) is 0. The predicted molar refractivity (Wildman–Crippen MR) is 477 cm³/mol. The highest BCUT2D eigenvalue weighted by molar-refractivity contribution is 9.11. The van der Waals surface area contributed by atoms with Crippen LogP contribution in [-0.4, -0.2) is 53.6 Å². The lowest BCUT2D eigenvalue weighted by atomic mass is 9.99. The third kappa shape index (κ3) is 14.1. The lowest BCUT2D eigenvalue weighted by Gasteiger charge is -2.13. The molecule has 11 nitrogen and oxygen atoms in total. The van der Waals surface area contributed by atoms with Crippen LogP contribution < -0.4 is 0 Å². The van der Waals surface area contributed by atoms with Crippen molar-refractivity contribution in [3.05, 3.63) is 402 Å². The first-order valence-corrected chi connectivity index (χ1v) is 39.7. The number of fused-ring (bicyclic) bond motifs is 9. The predicted octanol–water partition coefficient (Wildman–Crippen LogP) is 26.8. The first-order valence-electron chi connectivity index (χ1n) is 37.3. The summed E-state index contributed by atoms with van der Waals surface area (Å²) in [6.07, 6.45) is 5.55.